The number of hydrogen-bond acceptors (Lipinski definition) is 8. The van der Waals surface area contributed by atoms with Crippen LogP contribution in [0.25, 0.3) is 0 Å². The van der Waals surface area contributed by atoms with Crippen molar-refractivity contribution in [3.63, 3.8) is 0 Å². The molecule has 1 aliphatic heterocycles. The second-order valence-electron chi connectivity index (χ2n) is 6.88. The number of ether oxygens (including phenoxy) is 2. The summed E-state index contributed by atoms with van der Waals surface area (Å²) in [7, 11) is 1.44. The number of phenols is 1. The number of amides is 1. The molecular formula is C21H26N2O6S2. The minimum absolute atomic E-state index is 0.0893. The Bertz CT molecular complexity index is 884. The van der Waals surface area contributed by atoms with Gasteiger partial charge in [0.05, 0.1) is 30.8 Å². The third-order valence-corrected chi connectivity index (χ3v) is 6.15. The number of aliphatic hydroxyl groups is 1. The first-order chi connectivity index (χ1) is 14.8. The maximum atomic E-state index is 12.9. The van der Waals surface area contributed by atoms with Crippen LogP contribution in [0.4, 0.5) is 0 Å². The van der Waals surface area contributed by atoms with Crippen molar-refractivity contribution < 1.29 is 29.3 Å². The van der Waals surface area contributed by atoms with E-state index in [1.165, 1.54) is 24.9 Å². The van der Waals surface area contributed by atoms with Crippen LogP contribution in [0.2, 0.25) is 0 Å². The highest BCUT2D eigenvalue weighted by Gasteiger charge is 2.27. The number of thioether (sulfide) groups is 1. The van der Waals surface area contributed by atoms with Gasteiger partial charge in [0.2, 0.25) is 5.91 Å². The fourth-order valence-electron chi connectivity index (χ4n) is 3.11. The smallest absolute Gasteiger partial charge is 0.339 e. The van der Waals surface area contributed by atoms with E-state index < -0.39 is 18.1 Å². The lowest BCUT2D eigenvalue weighted by molar-refractivity contribution is -0.122. The maximum Gasteiger partial charge on any atom is 0.339 e. The zero-order valence-corrected chi connectivity index (χ0v) is 19.0. The number of aromatic hydroxyl groups is 1. The molecule has 1 heterocycles. The number of benzene rings is 1. The van der Waals surface area contributed by atoms with Crippen molar-refractivity contribution in [2.45, 2.75) is 37.7 Å². The van der Waals surface area contributed by atoms with E-state index in [-0.39, 0.29) is 42.5 Å². The molecule has 0 saturated carbocycles. The predicted molar refractivity (Wildman–Crippen MR) is 122 cm³/mol. The van der Waals surface area contributed by atoms with Crippen LogP contribution in [-0.4, -0.2) is 65.2 Å². The minimum Gasteiger partial charge on any atom is -0.507 e. The molecule has 1 amide bonds. The third-order valence-electron chi connectivity index (χ3n) is 4.77. The van der Waals surface area contributed by atoms with E-state index in [4.69, 9.17) is 28.1 Å². The monoisotopic (exact) mass is 466 g/mol. The van der Waals surface area contributed by atoms with Crippen molar-refractivity contribution in [2.24, 2.45) is 0 Å². The molecule has 0 unspecified atom stereocenters. The molecule has 0 aliphatic carbocycles. The quantitative estimate of drug-likeness (QED) is 0.296. The number of phenolic OH excluding ortho intramolecular Hbond substituents is 1. The number of hydrogen-bond donors (Lipinski definition) is 4. The highest BCUT2D eigenvalue weighted by molar-refractivity contribution is 7.98. The van der Waals surface area contributed by atoms with Crippen molar-refractivity contribution >= 4 is 40.8 Å². The van der Waals surface area contributed by atoms with Crippen LogP contribution in [0, 0.1) is 19.3 Å². The molecule has 2 rings (SSSR count). The van der Waals surface area contributed by atoms with Crippen molar-refractivity contribution in [2.75, 3.05) is 26.0 Å². The lowest BCUT2D eigenvalue weighted by Crippen LogP contribution is -2.48. The number of nitrogens with one attached hydrogen (secondary N) is 2. The molecule has 0 aromatic heterocycles. The molecule has 1 aromatic carbocycles. The summed E-state index contributed by atoms with van der Waals surface area (Å²) in [5.41, 5.74) is 1.07. The van der Waals surface area contributed by atoms with Gasteiger partial charge in [-0.1, -0.05) is 18.1 Å². The first-order valence-corrected chi connectivity index (χ1v) is 11.2. The van der Waals surface area contributed by atoms with E-state index in [2.05, 4.69) is 16.6 Å². The average Bonchev–Trinajstić information content (AvgIpc) is 2.76. The first-order valence-electron chi connectivity index (χ1n) is 9.61. The lowest BCUT2D eigenvalue weighted by atomic mass is 10.0. The number of esters is 1. The van der Waals surface area contributed by atoms with Crippen molar-refractivity contribution in [1.29, 1.82) is 0 Å². The summed E-state index contributed by atoms with van der Waals surface area (Å²) >= 11 is 6.67. The van der Waals surface area contributed by atoms with E-state index in [0.29, 0.717) is 34.0 Å². The van der Waals surface area contributed by atoms with Crippen LogP contribution < -0.4 is 15.4 Å². The van der Waals surface area contributed by atoms with Crippen LogP contribution in [-0.2, 0) is 15.3 Å². The van der Waals surface area contributed by atoms with Crippen molar-refractivity contribution in [3.8, 4) is 23.8 Å². The average molecular weight is 467 g/mol. The Labute approximate surface area is 191 Å². The molecule has 4 N–H and O–H groups in total. The zero-order chi connectivity index (χ0) is 23.0. The number of thiocarbonyl (C=S) groups is 1. The van der Waals surface area contributed by atoms with Crippen LogP contribution in [0.15, 0.2) is 6.07 Å². The Morgan fingerprint density at radius 1 is 1.55 bits per heavy atom. The second kappa shape index (κ2) is 11.8. The van der Waals surface area contributed by atoms with Crippen LogP contribution >= 0.6 is 24.0 Å². The topological polar surface area (TPSA) is 117 Å². The van der Waals surface area contributed by atoms with Gasteiger partial charge in [-0.05, 0) is 13.3 Å². The van der Waals surface area contributed by atoms with E-state index >= 15 is 0 Å². The van der Waals surface area contributed by atoms with Gasteiger partial charge in [0, 0.05) is 35.1 Å². The molecule has 8 nitrogen and oxygen atoms in total. The SMILES string of the molecule is C#CCNC(=O)[C@@H]1CSCc2c(O)cc(OC)c(C)c2C(=O)O[C@H](CO)CCC(=S)N1. The standard InChI is InChI=1S/C21H26N2O6S2/c1-4-7-22-20(26)15-11-31-10-14-16(25)8-17(28-3)12(2)19(14)21(27)29-13(9-24)5-6-18(30)23-15/h1,8,13,15,24-25H,5-7,9-11H2,2-3H3,(H,22,26)(H,23,30)/t13-,15-/m0/s1. The lowest BCUT2D eigenvalue weighted by Gasteiger charge is -2.20. The number of cyclic esters (lactones) is 1. The van der Waals surface area contributed by atoms with Gasteiger partial charge in [-0.3, -0.25) is 4.79 Å². The molecule has 0 bridgehead atoms. The fourth-order valence-corrected chi connectivity index (χ4v) is 4.46. The van der Waals surface area contributed by atoms with Gasteiger partial charge in [0.1, 0.15) is 23.6 Å². The molecular weight excluding hydrogens is 440 g/mol. The van der Waals surface area contributed by atoms with E-state index in [1.54, 1.807) is 6.92 Å². The van der Waals surface area contributed by atoms with Gasteiger partial charge in [-0.2, -0.15) is 11.8 Å². The number of terminal acetylenes is 1. The molecule has 1 aliphatic rings. The number of fused-ring (bicyclic) bond motifs is 1. The van der Waals surface area contributed by atoms with Gasteiger partial charge in [0.25, 0.3) is 0 Å². The van der Waals surface area contributed by atoms with Crippen LogP contribution in [0.5, 0.6) is 11.5 Å². The van der Waals surface area contributed by atoms with Crippen LogP contribution in [0.1, 0.15) is 34.3 Å². The van der Waals surface area contributed by atoms with E-state index in [0.717, 1.165) is 0 Å². The summed E-state index contributed by atoms with van der Waals surface area (Å²) < 4.78 is 10.8. The van der Waals surface area contributed by atoms with Crippen molar-refractivity contribution in [1.82, 2.24) is 10.6 Å². The summed E-state index contributed by atoms with van der Waals surface area (Å²) in [6, 6.07) is 0.786. The molecule has 0 radical (unpaired) electrons. The highest BCUT2D eigenvalue weighted by atomic mass is 32.2. The molecule has 0 saturated heterocycles. The molecule has 168 valence electrons. The zero-order valence-electron chi connectivity index (χ0n) is 17.4. The number of rotatable bonds is 4. The van der Waals surface area contributed by atoms with Gasteiger partial charge >= 0.3 is 5.97 Å². The number of carbonyl (C=O) groups excluding carboxylic acids is 2. The predicted octanol–water partition coefficient (Wildman–Crippen LogP) is 1.29. The van der Waals surface area contributed by atoms with E-state index in [9.17, 15) is 19.8 Å². The normalized spacial score (nSPS) is 19.9. The number of aliphatic hydroxyl groups excluding tert-OH is 1. The first kappa shape index (κ1) is 24.8. The fraction of sp³-hybridized carbons (Fsp3) is 0.476. The summed E-state index contributed by atoms with van der Waals surface area (Å²) in [4.78, 5) is 25.8. The summed E-state index contributed by atoms with van der Waals surface area (Å²) in [6.07, 6.45) is 5.00. The highest BCUT2D eigenvalue weighted by Crippen LogP contribution is 2.36. The van der Waals surface area contributed by atoms with E-state index in [1.807, 2.05) is 0 Å². The maximum absolute atomic E-state index is 12.9. The number of carbonyl (C=O) groups is 2. The van der Waals surface area contributed by atoms with Crippen molar-refractivity contribution in [3.05, 3.63) is 22.8 Å². The Balaban J connectivity index is 2.42. The second-order valence-corrected chi connectivity index (χ2v) is 8.41. The Hall–Kier alpha value is -2.48. The molecule has 0 fully saturated rings. The summed E-state index contributed by atoms with van der Waals surface area (Å²) in [5.74, 6) is 2.17. The molecule has 0 spiro atoms. The minimum atomic E-state index is -0.796. The largest absolute Gasteiger partial charge is 0.507 e. The molecule has 2 atom stereocenters. The molecule has 31 heavy (non-hydrogen) atoms. The Morgan fingerprint density at radius 2 is 2.29 bits per heavy atom. The Kier molecular flexibility index (Phi) is 9.43. The molecule has 10 heteroatoms. The summed E-state index contributed by atoms with van der Waals surface area (Å²) in [5, 5.41) is 25.8. The molecule has 1 aromatic rings. The third kappa shape index (κ3) is 6.50. The van der Waals surface area contributed by atoms with Crippen LogP contribution in [0.3, 0.4) is 0 Å². The summed E-state index contributed by atoms with van der Waals surface area (Å²) in [6.45, 7) is 1.40. The number of methoxy groups -OCH3 is 1. The van der Waals surface area contributed by atoms with Gasteiger partial charge < -0.3 is 30.3 Å². The van der Waals surface area contributed by atoms with Gasteiger partial charge in [0.15, 0.2) is 0 Å². The van der Waals surface area contributed by atoms with Gasteiger partial charge in [-0.15, -0.1) is 6.42 Å². The van der Waals surface area contributed by atoms with Gasteiger partial charge in [-0.25, -0.2) is 4.79 Å². The Morgan fingerprint density at radius 3 is 2.94 bits per heavy atom.